The lowest BCUT2D eigenvalue weighted by Gasteiger charge is -1.90. The minimum absolute atomic E-state index is 0.0660. The molecule has 1 aromatic heterocycles. The normalized spacial score (nSPS) is 8.27. The molecule has 0 aromatic carbocycles. The third-order valence-corrected chi connectivity index (χ3v) is 1.06. The highest BCUT2D eigenvalue weighted by atomic mass is 32.1. The number of hydrogen-bond donors (Lipinski definition) is 3. The maximum atomic E-state index is 10.4. The Bertz CT molecular complexity index is 246. The van der Waals surface area contributed by atoms with Crippen LogP contribution in [0.5, 0.6) is 5.75 Å². The van der Waals surface area contributed by atoms with Gasteiger partial charge in [0.05, 0.1) is 5.03 Å². The quantitative estimate of drug-likeness (QED) is 0.519. The van der Waals surface area contributed by atoms with Gasteiger partial charge in [-0.05, 0) is 0 Å². The van der Waals surface area contributed by atoms with Crippen molar-refractivity contribution in [1.82, 2.24) is 4.98 Å². The Morgan fingerprint density at radius 3 is 2.36 bits per heavy atom. The van der Waals surface area contributed by atoms with Crippen molar-refractivity contribution < 1.29 is 5.11 Å². The summed E-state index contributed by atoms with van der Waals surface area (Å²) in [5.41, 5.74) is -0.347. The van der Waals surface area contributed by atoms with Gasteiger partial charge < -0.3 is 10.1 Å². The summed E-state index contributed by atoms with van der Waals surface area (Å²) in [6.07, 6.45) is 0. The molecule has 0 aliphatic carbocycles. The highest BCUT2D eigenvalue weighted by Crippen LogP contribution is 2.06. The molecule has 0 fully saturated rings. The van der Waals surface area contributed by atoms with Crippen LogP contribution in [-0.4, -0.2) is 10.1 Å². The van der Waals surface area contributed by atoms with E-state index in [1.165, 1.54) is 6.07 Å². The second-order valence-corrected chi connectivity index (χ2v) is 2.07. The van der Waals surface area contributed by atoms with E-state index in [0.29, 0.717) is 5.03 Å². The van der Waals surface area contributed by atoms with Crippen molar-refractivity contribution >= 4 is 12.6 Å². The minimum Gasteiger partial charge on any atom is -0.508 e. The van der Waals surface area contributed by atoms with Gasteiger partial charge in [0.1, 0.15) is 5.75 Å². The molecule has 0 amide bonds. The second kappa shape index (κ2) is 4.85. The minimum atomic E-state index is -0.347. The molecule has 62 valence electrons. The van der Waals surface area contributed by atoms with Crippen molar-refractivity contribution in [2.75, 3.05) is 0 Å². The van der Waals surface area contributed by atoms with Gasteiger partial charge in [0.15, 0.2) is 0 Å². The molecule has 0 aliphatic heterocycles. The molecule has 2 N–H and O–H groups in total. The largest absolute Gasteiger partial charge is 0.508 e. The first-order chi connectivity index (χ1) is 5.18. The number of H-pyrrole nitrogens is 1. The molecule has 4 heteroatoms. The summed E-state index contributed by atoms with van der Waals surface area (Å²) in [5, 5.41) is 9.09. The number of nitrogens with one attached hydrogen (secondary N) is 1. The zero-order valence-corrected chi connectivity index (χ0v) is 7.35. The average Bonchev–Trinajstić information content (AvgIpc) is 1.88. The van der Waals surface area contributed by atoms with E-state index in [1.54, 1.807) is 0 Å². The van der Waals surface area contributed by atoms with Gasteiger partial charge in [0.2, 0.25) is 0 Å². The highest BCUT2D eigenvalue weighted by Gasteiger charge is 1.90. The number of rotatable bonds is 0. The van der Waals surface area contributed by atoms with E-state index < -0.39 is 0 Å². The van der Waals surface area contributed by atoms with E-state index in [-0.39, 0.29) is 11.3 Å². The fraction of sp³-hybridized carbons (Fsp3) is 0.286. The third kappa shape index (κ3) is 3.72. The molecule has 0 saturated heterocycles. The predicted molar refractivity (Wildman–Crippen MR) is 47.3 cm³/mol. The molecule has 1 heterocycles. The maximum Gasteiger partial charge on any atom is 0.252 e. The standard InChI is InChI=1S/C5H5NO2S.C2H6/c7-3-1-4(8)6-5(9)2-3;1-2/h1-2H,(H3,6,7,8,9);1-2H3. The Labute approximate surface area is 70.5 Å². The molecule has 0 bridgehead atoms. The van der Waals surface area contributed by atoms with Crippen LogP contribution in [0.2, 0.25) is 0 Å². The number of hydrogen-bond acceptors (Lipinski definition) is 3. The Morgan fingerprint density at radius 2 is 2.00 bits per heavy atom. The van der Waals surface area contributed by atoms with Crippen molar-refractivity contribution in [3.05, 3.63) is 22.5 Å². The summed E-state index contributed by atoms with van der Waals surface area (Å²) in [6, 6.07) is 2.43. The van der Waals surface area contributed by atoms with Gasteiger partial charge in [-0.25, -0.2) is 0 Å². The molecule has 0 radical (unpaired) electrons. The number of pyridine rings is 1. The van der Waals surface area contributed by atoms with E-state index in [2.05, 4.69) is 17.6 Å². The summed E-state index contributed by atoms with van der Waals surface area (Å²) < 4.78 is 0. The van der Waals surface area contributed by atoms with Crippen molar-refractivity contribution in [2.45, 2.75) is 18.9 Å². The first-order valence-electron chi connectivity index (χ1n) is 3.31. The molecule has 0 atom stereocenters. The van der Waals surface area contributed by atoms with E-state index in [9.17, 15) is 4.79 Å². The van der Waals surface area contributed by atoms with Crippen LogP contribution in [0, 0.1) is 0 Å². The number of aromatic hydroxyl groups is 1. The fourth-order valence-corrected chi connectivity index (χ4v) is 0.757. The number of thiol groups is 1. The highest BCUT2D eigenvalue weighted by molar-refractivity contribution is 7.80. The SMILES string of the molecule is CC.O=c1cc(O)cc(S)[nH]1. The van der Waals surface area contributed by atoms with Crippen LogP contribution in [0.4, 0.5) is 0 Å². The van der Waals surface area contributed by atoms with Crippen LogP contribution < -0.4 is 5.56 Å². The zero-order valence-electron chi connectivity index (χ0n) is 6.46. The van der Waals surface area contributed by atoms with E-state index in [1.807, 2.05) is 13.8 Å². The van der Waals surface area contributed by atoms with Crippen molar-refractivity contribution in [2.24, 2.45) is 0 Å². The second-order valence-electron chi connectivity index (χ2n) is 1.59. The van der Waals surface area contributed by atoms with Gasteiger partial charge in [-0.1, -0.05) is 13.8 Å². The Kier molecular flexibility index (Phi) is 4.45. The summed E-state index contributed by atoms with van der Waals surface area (Å²) in [6.45, 7) is 4.00. The molecule has 0 unspecified atom stereocenters. The van der Waals surface area contributed by atoms with Crippen LogP contribution in [0.1, 0.15) is 13.8 Å². The van der Waals surface area contributed by atoms with E-state index in [4.69, 9.17) is 5.11 Å². The van der Waals surface area contributed by atoms with E-state index in [0.717, 1.165) is 6.07 Å². The van der Waals surface area contributed by atoms with Gasteiger partial charge in [-0.2, -0.15) is 0 Å². The number of aromatic nitrogens is 1. The predicted octanol–water partition coefficient (Wildman–Crippen LogP) is 1.40. The van der Waals surface area contributed by atoms with Crippen molar-refractivity contribution in [3.8, 4) is 5.75 Å². The molecule has 11 heavy (non-hydrogen) atoms. The average molecular weight is 173 g/mol. The Hall–Kier alpha value is -0.900. The van der Waals surface area contributed by atoms with Crippen LogP contribution in [0.25, 0.3) is 0 Å². The lowest BCUT2D eigenvalue weighted by Crippen LogP contribution is -2.02. The Morgan fingerprint density at radius 1 is 1.45 bits per heavy atom. The van der Waals surface area contributed by atoms with Crippen LogP contribution in [-0.2, 0) is 0 Å². The molecular weight excluding hydrogens is 162 g/mol. The van der Waals surface area contributed by atoms with Gasteiger partial charge in [-0.15, -0.1) is 12.6 Å². The van der Waals surface area contributed by atoms with Crippen molar-refractivity contribution in [3.63, 3.8) is 0 Å². The molecular formula is C7H11NO2S. The number of aromatic amines is 1. The fourth-order valence-electron chi connectivity index (χ4n) is 0.514. The van der Waals surface area contributed by atoms with Gasteiger partial charge >= 0.3 is 0 Å². The summed E-state index contributed by atoms with van der Waals surface area (Å²) in [5.74, 6) is -0.0660. The lowest BCUT2D eigenvalue weighted by atomic mass is 10.5. The summed E-state index contributed by atoms with van der Waals surface area (Å²) in [7, 11) is 0. The molecule has 1 rings (SSSR count). The van der Waals surface area contributed by atoms with Crippen LogP contribution in [0.15, 0.2) is 22.0 Å². The first-order valence-corrected chi connectivity index (χ1v) is 3.75. The zero-order chi connectivity index (χ0) is 8.85. The molecule has 0 saturated carbocycles. The molecule has 3 nitrogen and oxygen atoms in total. The van der Waals surface area contributed by atoms with Gasteiger partial charge in [-0.3, -0.25) is 4.79 Å². The van der Waals surface area contributed by atoms with E-state index >= 15 is 0 Å². The monoisotopic (exact) mass is 173 g/mol. The smallest absolute Gasteiger partial charge is 0.252 e. The third-order valence-electron chi connectivity index (χ3n) is 0.815. The molecule has 1 aromatic rings. The topological polar surface area (TPSA) is 53.1 Å². The van der Waals surface area contributed by atoms with Crippen LogP contribution in [0.3, 0.4) is 0 Å². The Balaban J connectivity index is 0.000000461. The molecule has 0 spiro atoms. The molecule has 0 aliphatic rings. The maximum absolute atomic E-state index is 10.4. The first kappa shape index (κ1) is 10.1. The summed E-state index contributed by atoms with van der Waals surface area (Å²) >= 11 is 3.81. The summed E-state index contributed by atoms with van der Waals surface area (Å²) in [4.78, 5) is 12.8. The lowest BCUT2D eigenvalue weighted by molar-refractivity contribution is 0.471. The van der Waals surface area contributed by atoms with Gasteiger partial charge in [0.25, 0.3) is 5.56 Å². The van der Waals surface area contributed by atoms with Crippen molar-refractivity contribution in [1.29, 1.82) is 0 Å². The van der Waals surface area contributed by atoms with Crippen LogP contribution >= 0.6 is 12.6 Å². The van der Waals surface area contributed by atoms with Gasteiger partial charge in [0, 0.05) is 12.1 Å².